The Hall–Kier alpha value is -4.29. The number of aromatic nitrogens is 4. The van der Waals surface area contributed by atoms with E-state index in [1.807, 2.05) is 42.6 Å². The number of piperidine rings is 1. The molecular weight excluding hydrogens is 480 g/mol. The maximum atomic E-state index is 11.8. The van der Waals surface area contributed by atoms with Crippen LogP contribution in [0.3, 0.4) is 0 Å². The molecule has 1 aliphatic carbocycles. The van der Waals surface area contributed by atoms with Crippen LogP contribution in [0, 0.1) is 11.3 Å². The number of nitriles is 1. The number of hydrogen-bond acceptors (Lipinski definition) is 7. The van der Waals surface area contributed by atoms with Crippen molar-refractivity contribution in [3.05, 3.63) is 71.2 Å². The molecule has 1 fully saturated rings. The summed E-state index contributed by atoms with van der Waals surface area (Å²) in [6.45, 7) is 0.796. The lowest BCUT2D eigenvalue weighted by Crippen LogP contribution is -2.39. The number of benzene rings is 1. The quantitative estimate of drug-likeness (QED) is 0.422. The molecule has 1 aromatic carbocycles. The minimum absolute atomic E-state index is 0.222. The number of methoxy groups -OCH3 is 1. The van der Waals surface area contributed by atoms with Gasteiger partial charge in [-0.05, 0) is 48.9 Å². The lowest BCUT2D eigenvalue weighted by atomic mass is 9.79. The van der Waals surface area contributed by atoms with Crippen LogP contribution in [0.2, 0.25) is 0 Å². The molecule has 2 N–H and O–H groups in total. The number of aryl methyl sites for hydroxylation is 1. The summed E-state index contributed by atoms with van der Waals surface area (Å²) < 4.78 is 5.72. The van der Waals surface area contributed by atoms with Gasteiger partial charge in [-0.3, -0.25) is 14.9 Å². The molecule has 1 amide bonds. The number of amides is 1. The van der Waals surface area contributed by atoms with Gasteiger partial charge in [-0.25, -0.2) is 4.98 Å². The van der Waals surface area contributed by atoms with Crippen LogP contribution in [-0.2, 0) is 16.6 Å². The summed E-state index contributed by atoms with van der Waals surface area (Å²) in [4.78, 5) is 23.2. The molecule has 9 heteroatoms. The van der Waals surface area contributed by atoms with Crippen molar-refractivity contribution in [1.82, 2.24) is 25.1 Å². The number of hydrogen-bond donors (Lipinski definition) is 2. The van der Waals surface area contributed by atoms with Gasteiger partial charge >= 0.3 is 0 Å². The first-order chi connectivity index (χ1) is 18.6. The van der Waals surface area contributed by atoms with Crippen molar-refractivity contribution in [2.45, 2.75) is 37.0 Å². The van der Waals surface area contributed by atoms with Gasteiger partial charge < -0.3 is 14.7 Å². The maximum absolute atomic E-state index is 11.8. The minimum atomic E-state index is -0.890. The summed E-state index contributed by atoms with van der Waals surface area (Å²) >= 11 is 0. The Morgan fingerprint density at radius 3 is 2.79 bits per heavy atom. The van der Waals surface area contributed by atoms with E-state index in [-0.39, 0.29) is 11.8 Å². The molecule has 1 saturated heterocycles. The van der Waals surface area contributed by atoms with Crippen molar-refractivity contribution >= 4 is 16.9 Å². The number of aliphatic hydroxyl groups excluding tert-OH is 1. The van der Waals surface area contributed by atoms with E-state index < -0.39 is 12.0 Å². The Kier molecular flexibility index (Phi) is 6.04. The van der Waals surface area contributed by atoms with Crippen LogP contribution in [0.4, 0.5) is 0 Å². The number of carbonyl (C=O) groups is 1. The van der Waals surface area contributed by atoms with Gasteiger partial charge in [-0.15, -0.1) is 0 Å². The fourth-order valence-electron chi connectivity index (χ4n) is 5.93. The number of pyridine rings is 2. The number of aliphatic hydroxyl groups is 1. The highest BCUT2D eigenvalue weighted by molar-refractivity contribution is 5.90. The molecule has 1 unspecified atom stereocenters. The van der Waals surface area contributed by atoms with E-state index in [0.29, 0.717) is 42.2 Å². The molecule has 1 atom stereocenters. The van der Waals surface area contributed by atoms with Gasteiger partial charge in [0.05, 0.1) is 18.7 Å². The number of likely N-dealkylation sites (tertiary alicyclic amines) is 1. The third kappa shape index (κ3) is 3.80. The minimum Gasteiger partial charge on any atom is -0.495 e. The predicted molar refractivity (Wildman–Crippen MR) is 140 cm³/mol. The van der Waals surface area contributed by atoms with Crippen molar-refractivity contribution in [2.75, 3.05) is 26.8 Å². The highest BCUT2D eigenvalue weighted by Crippen LogP contribution is 2.47. The van der Waals surface area contributed by atoms with Gasteiger partial charge in [0.1, 0.15) is 34.7 Å². The first-order valence-corrected chi connectivity index (χ1v) is 12.9. The number of nitrogens with one attached hydrogen (secondary N) is 1. The second-order valence-electron chi connectivity index (χ2n) is 9.97. The van der Waals surface area contributed by atoms with Crippen molar-refractivity contribution in [2.24, 2.45) is 0 Å². The van der Waals surface area contributed by atoms with Crippen molar-refractivity contribution in [3.8, 4) is 23.1 Å². The zero-order valence-electron chi connectivity index (χ0n) is 21.1. The van der Waals surface area contributed by atoms with E-state index in [4.69, 9.17) is 19.8 Å². The molecule has 4 aromatic rings. The number of H-pyrrole nitrogens is 1. The van der Waals surface area contributed by atoms with Gasteiger partial charge in [0.15, 0.2) is 0 Å². The number of nitrogens with zero attached hydrogens (tertiary/aromatic N) is 5. The number of rotatable bonds is 5. The highest BCUT2D eigenvalue weighted by atomic mass is 16.5. The molecule has 0 radical (unpaired) electrons. The molecule has 0 saturated carbocycles. The summed E-state index contributed by atoms with van der Waals surface area (Å²) in [5.74, 6) is 0.597. The molecule has 6 rings (SSSR count). The lowest BCUT2D eigenvalue weighted by Gasteiger charge is -2.31. The first-order valence-electron chi connectivity index (χ1n) is 12.9. The molecule has 0 spiro atoms. The van der Waals surface area contributed by atoms with E-state index in [2.05, 4.69) is 22.3 Å². The van der Waals surface area contributed by atoms with Gasteiger partial charge in [-0.1, -0.05) is 24.3 Å². The Bertz CT molecular complexity index is 1550. The van der Waals surface area contributed by atoms with Gasteiger partial charge in [0.2, 0.25) is 5.91 Å². The lowest BCUT2D eigenvalue weighted by molar-refractivity contribution is -0.135. The Morgan fingerprint density at radius 2 is 2.08 bits per heavy atom. The topological polar surface area (TPSA) is 128 Å². The third-order valence-corrected chi connectivity index (χ3v) is 8.02. The molecule has 3 aromatic heterocycles. The maximum Gasteiger partial charge on any atom is 0.248 e. The van der Waals surface area contributed by atoms with E-state index in [0.717, 1.165) is 47.2 Å². The van der Waals surface area contributed by atoms with Crippen LogP contribution in [0.5, 0.6) is 5.75 Å². The summed E-state index contributed by atoms with van der Waals surface area (Å²) in [6.07, 6.45) is 4.89. The molecule has 192 valence electrons. The molecule has 0 bridgehead atoms. The number of fused-ring (bicyclic) bond motifs is 2. The van der Waals surface area contributed by atoms with E-state index in [9.17, 15) is 10.1 Å². The molecule has 38 heavy (non-hydrogen) atoms. The average molecular weight is 509 g/mol. The van der Waals surface area contributed by atoms with Gasteiger partial charge in [-0.2, -0.15) is 10.4 Å². The van der Waals surface area contributed by atoms with Crippen LogP contribution in [0.15, 0.2) is 48.7 Å². The summed E-state index contributed by atoms with van der Waals surface area (Å²) in [6, 6.07) is 16.5. The van der Waals surface area contributed by atoms with E-state index in [1.54, 1.807) is 12.0 Å². The van der Waals surface area contributed by atoms with Crippen molar-refractivity contribution in [3.63, 3.8) is 0 Å². The van der Waals surface area contributed by atoms with Crippen LogP contribution < -0.4 is 4.74 Å². The SMILES string of the molecule is COc1cc2[nH]nc(-c3ccc(C4CCN(C(=O)CO)CC4)nc3)c2nc1C1(C#N)CCc2ccccc21. The summed E-state index contributed by atoms with van der Waals surface area (Å²) in [5.41, 5.74) is 5.74. The Morgan fingerprint density at radius 1 is 1.26 bits per heavy atom. The average Bonchev–Trinajstić information content (AvgIpc) is 3.58. The third-order valence-electron chi connectivity index (χ3n) is 8.02. The zero-order valence-corrected chi connectivity index (χ0v) is 21.1. The van der Waals surface area contributed by atoms with Crippen LogP contribution in [0.25, 0.3) is 22.3 Å². The van der Waals surface area contributed by atoms with E-state index >= 15 is 0 Å². The molecular formula is C29H28N6O3. The van der Waals surface area contributed by atoms with Crippen LogP contribution in [-0.4, -0.2) is 62.9 Å². The van der Waals surface area contributed by atoms with Gasteiger partial charge in [0, 0.05) is 42.5 Å². The normalized spacial score (nSPS) is 19.3. The summed E-state index contributed by atoms with van der Waals surface area (Å²) in [7, 11) is 1.60. The number of ether oxygens (including phenoxy) is 1. The second-order valence-corrected chi connectivity index (χ2v) is 9.97. The van der Waals surface area contributed by atoms with Crippen LogP contribution in [0.1, 0.15) is 47.7 Å². The summed E-state index contributed by atoms with van der Waals surface area (Å²) in [5, 5.41) is 27.2. The fraction of sp³-hybridized carbons (Fsp3) is 0.345. The Labute approximate surface area is 220 Å². The standard InChI is InChI=1S/C29H28N6O3/c1-38-24-14-23-27(32-28(24)29(17-30)11-8-18-4-2-3-5-21(18)29)26(34-33-23)20-6-7-22(31-15-20)19-9-12-35(13-10-19)25(37)16-36/h2-7,14-15,19,36H,8-13,16H2,1H3,(H,33,34). The van der Waals surface area contributed by atoms with Crippen molar-refractivity contribution < 1.29 is 14.6 Å². The number of carbonyl (C=O) groups excluding carboxylic acids is 1. The monoisotopic (exact) mass is 508 g/mol. The largest absolute Gasteiger partial charge is 0.495 e. The van der Waals surface area contributed by atoms with Crippen LogP contribution >= 0.6 is 0 Å². The smallest absolute Gasteiger partial charge is 0.248 e. The molecule has 2 aliphatic rings. The second kappa shape index (κ2) is 9.54. The zero-order chi connectivity index (χ0) is 26.3. The molecule has 9 nitrogen and oxygen atoms in total. The molecule has 4 heterocycles. The highest BCUT2D eigenvalue weighted by Gasteiger charge is 2.44. The predicted octanol–water partition coefficient (Wildman–Crippen LogP) is 3.48. The fourth-order valence-corrected chi connectivity index (χ4v) is 5.93. The number of aromatic amines is 1. The van der Waals surface area contributed by atoms with E-state index in [1.165, 1.54) is 0 Å². The first kappa shape index (κ1) is 24.1. The van der Waals surface area contributed by atoms with Crippen molar-refractivity contribution in [1.29, 1.82) is 5.26 Å². The van der Waals surface area contributed by atoms with Gasteiger partial charge in [0.25, 0.3) is 0 Å². The molecule has 1 aliphatic heterocycles. The Balaban J connectivity index is 1.34.